The lowest BCUT2D eigenvalue weighted by Crippen LogP contribution is -2.29. The maximum Gasteiger partial charge on any atom is 0.0357 e. The van der Waals surface area contributed by atoms with Crippen molar-refractivity contribution < 1.29 is 4.21 Å². The minimum absolute atomic E-state index is 0.627. The van der Waals surface area contributed by atoms with Gasteiger partial charge in [-0.3, -0.25) is 4.21 Å². The van der Waals surface area contributed by atoms with E-state index in [9.17, 15) is 4.21 Å². The molecule has 1 atom stereocenters. The lowest BCUT2D eigenvalue weighted by Gasteiger charge is -2.25. The van der Waals surface area contributed by atoms with Crippen LogP contribution in [0.3, 0.4) is 0 Å². The summed E-state index contributed by atoms with van der Waals surface area (Å²) >= 11 is 0. The van der Waals surface area contributed by atoms with Gasteiger partial charge in [-0.15, -0.1) is 0 Å². The summed E-state index contributed by atoms with van der Waals surface area (Å²) in [5.41, 5.74) is 0. The monoisotopic (exact) mass is 175 g/mol. The SMILES string of the molecule is CS(=O)CCNCC1CCC1. The molecule has 1 fully saturated rings. The molecule has 0 bridgehead atoms. The van der Waals surface area contributed by atoms with Crippen LogP contribution in [0.5, 0.6) is 0 Å². The van der Waals surface area contributed by atoms with E-state index in [0.717, 1.165) is 24.8 Å². The molecule has 0 heterocycles. The lowest BCUT2D eigenvalue weighted by atomic mass is 9.85. The predicted octanol–water partition coefficient (Wildman–Crippen LogP) is 0.755. The van der Waals surface area contributed by atoms with Crippen molar-refractivity contribution >= 4 is 10.8 Å². The van der Waals surface area contributed by atoms with Crippen LogP contribution in [0.25, 0.3) is 0 Å². The molecule has 3 heteroatoms. The molecular weight excluding hydrogens is 158 g/mol. The van der Waals surface area contributed by atoms with Gasteiger partial charge in [0.1, 0.15) is 0 Å². The Balaban J connectivity index is 1.83. The second-order valence-electron chi connectivity index (χ2n) is 3.28. The van der Waals surface area contributed by atoms with Gasteiger partial charge >= 0.3 is 0 Å². The first-order valence-electron chi connectivity index (χ1n) is 4.30. The van der Waals surface area contributed by atoms with E-state index in [1.807, 2.05) is 0 Å². The highest BCUT2D eigenvalue weighted by Crippen LogP contribution is 2.24. The smallest absolute Gasteiger partial charge is 0.0357 e. The van der Waals surface area contributed by atoms with E-state index in [1.54, 1.807) is 6.26 Å². The fourth-order valence-electron chi connectivity index (χ4n) is 1.22. The van der Waals surface area contributed by atoms with Crippen LogP contribution < -0.4 is 5.32 Å². The number of hydrogen-bond donors (Lipinski definition) is 1. The molecule has 1 aliphatic carbocycles. The van der Waals surface area contributed by atoms with Crippen LogP contribution in [0, 0.1) is 5.92 Å². The lowest BCUT2D eigenvalue weighted by molar-refractivity contribution is 0.304. The second kappa shape index (κ2) is 4.88. The zero-order valence-corrected chi connectivity index (χ0v) is 7.95. The van der Waals surface area contributed by atoms with Crippen LogP contribution in [-0.2, 0) is 10.8 Å². The molecule has 1 aliphatic rings. The van der Waals surface area contributed by atoms with E-state index in [1.165, 1.54) is 19.3 Å². The molecule has 0 spiro atoms. The summed E-state index contributed by atoms with van der Waals surface area (Å²) in [6, 6.07) is 0. The van der Waals surface area contributed by atoms with Crippen LogP contribution in [-0.4, -0.2) is 29.3 Å². The fourth-order valence-corrected chi connectivity index (χ4v) is 1.65. The highest BCUT2D eigenvalue weighted by molar-refractivity contribution is 7.84. The molecular formula is C8H17NOS. The van der Waals surface area contributed by atoms with E-state index < -0.39 is 10.8 Å². The number of hydrogen-bond acceptors (Lipinski definition) is 2. The summed E-state index contributed by atoms with van der Waals surface area (Å²) in [5.74, 6) is 1.72. The maximum absolute atomic E-state index is 10.6. The van der Waals surface area contributed by atoms with Gasteiger partial charge in [0.25, 0.3) is 0 Å². The summed E-state index contributed by atoms with van der Waals surface area (Å²) in [6.45, 7) is 2.05. The summed E-state index contributed by atoms with van der Waals surface area (Å²) in [5, 5.41) is 3.33. The Morgan fingerprint density at radius 3 is 2.73 bits per heavy atom. The zero-order valence-electron chi connectivity index (χ0n) is 7.14. The molecule has 1 N–H and O–H groups in total. The predicted molar refractivity (Wildman–Crippen MR) is 49.1 cm³/mol. The highest BCUT2D eigenvalue weighted by Gasteiger charge is 2.15. The molecule has 0 aromatic heterocycles. The molecule has 2 nitrogen and oxygen atoms in total. The van der Waals surface area contributed by atoms with Gasteiger partial charge in [-0.05, 0) is 25.3 Å². The molecule has 0 amide bonds. The minimum Gasteiger partial charge on any atom is -0.316 e. The van der Waals surface area contributed by atoms with Crippen LogP contribution in [0.1, 0.15) is 19.3 Å². The normalized spacial score (nSPS) is 21.2. The molecule has 1 rings (SSSR count). The van der Waals surface area contributed by atoms with Gasteiger partial charge in [0, 0.05) is 29.4 Å². The van der Waals surface area contributed by atoms with Gasteiger partial charge < -0.3 is 5.32 Å². The minimum atomic E-state index is -0.627. The summed E-state index contributed by atoms with van der Waals surface area (Å²) in [6.07, 6.45) is 5.95. The van der Waals surface area contributed by atoms with Crippen LogP contribution in [0.15, 0.2) is 0 Å². The van der Waals surface area contributed by atoms with E-state index in [4.69, 9.17) is 0 Å². The highest BCUT2D eigenvalue weighted by atomic mass is 32.2. The van der Waals surface area contributed by atoms with E-state index in [-0.39, 0.29) is 0 Å². The molecule has 66 valence electrons. The van der Waals surface area contributed by atoms with Crippen molar-refractivity contribution in [1.29, 1.82) is 0 Å². The molecule has 0 saturated heterocycles. The van der Waals surface area contributed by atoms with Gasteiger partial charge in [0.05, 0.1) is 0 Å². The van der Waals surface area contributed by atoms with E-state index in [2.05, 4.69) is 5.32 Å². The van der Waals surface area contributed by atoms with E-state index in [0.29, 0.717) is 0 Å². The van der Waals surface area contributed by atoms with Gasteiger partial charge in [0.2, 0.25) is 0 Å². The first-order chi connectivity index (χ1) is 5.29. The molecule has 11 heavy (non-hydrogen) atoms. The Hall–Kier alpha value is 0.110. The Bertz CT molecular complexity index is 134. The molecule has 0 aliphatic heterocycles. The van der Waals surface area contributed by atoms with Crippen molar-refractivity contribution in [1.82, 2.24) is 5.32 Å². The number of rotatable bonds is 5. The summed E-state index contributed by atoms with van der Waals surface area (Å²) in [7, 11) is -0.627. The van der Waals surface area contributed by atoms with Crippen molar-refractivity contribution in [2.45, 2.75) is 19.3 Å². The molecule has 0 radical (unpaired) electrons. The van der Waals surface area contributed by atoms with Crippen molar-refractivity contribution in [2.24, 2.45) is 5.92 Å². The average molecular weight is 175 g/mol. The molecule has 1 saturated carbocycles. The number of nitrogens with one attached hydrogen (secondary N) is 1. The Labute approximate surface area is 71.2 Å². The third kappa shape index (κ3) is 3.87. The quantitative estimate of drug-likeness (QED) is 0.625. The fraction of sp³-hybridized carbons (Fsp3) is 1.00. The molecule has 1 unspecified atom stereocenters. The standard InChI is InChI=1S/C8H17NOS/c1-11(10)6-5-9-7-8-3-2-4-8/h8-9H,2-7H2,1H3. The topological polar surface area (TPSA) is 29.1 Å². The second-order valence-corrected chi connectivity index (χ2v) is 4.83. The molecule has 0 aromatic rings. The van der Waals surface area contributed by atoms with E-state index >= 15 is 0 Å². The Morgan fingerprint density at radius 2 is 2.27 bits per heavy atom. The van der Waals surface area contributed by atoms with Gasteiger partial charge in [-0.1, -0.05) is 6.42 Å². The third-order valence-corrected chi connectivity index (χ3v) is 3.00. The van der Waals surface area contributed by atoms with Gasteiger partial charge in [0.15, 0.2) is 0 Å². The largest absolute Gasteiger partial charge is 0.316 e. The zero-order chi connectivity index (χ0) is 8.10. The van der Waals surface area contributed by atoms with Crippen LogP contribution >= 0.6 is 0 Å². The van der Waals surface area contributed by atoms with Gasteiger partial charge in [-0.25, -0.2) is 0 Å². The van der Waals surface area contributed by atoms with Gasteiger partial charge in [-0.2, -0.15) is 0 Å². The van der Waals surface area contributed by atoms with Crippen molar-refractivity contribution in [3.8, 4) is 0 Å². The van der Waals surface area contributed by atoms with Crippen molar-refractivity contribution in [3.05, 3.63) is 0 Å². The van der Waals surface area contributed by atoms with Crippen LogP contribution in [0.4, 0.5) is 0 Å². The van der Waals surface area contributed by atoms with Crippen molar-refractivity contribution in [3.63, 3.8) is 0 Å². The Morgan fingerprint density at radius 1 is 1.55 bits per heavy atom. The first-order valence-corrected chi connectivity index (χ1v) is 6.02. The third-order valence-electron chi connectivity index (χ3n) is 2.22. The Kier molecular flexibility index (Phi) is 4.08. The maximum atomic E-state index is 10.6. The average Bonchev–Trinajstić information content (AvgIpc) is 1.82. The first kappa shape index (κ1) is 9.20. The van der Waals surface area contributed by atoms with Crippen molar-refractivity contribution in [2.75, 3.05) is 25.1 Å². The van der Waals surface area contributed by atoms with Crippen LogP contribution in [0.2, 0.25) is 0 Å². The summed E-state index contributed by atoms with van der Waals surface area (Å²) in [4.78, 5) is 0. The summed E-state index contributed by atoms with van der Waals surface area (Å²) < 4.78 is 10.6. The molecule has 0 aromatic carbocycles.